The first-order valence-corrected chi connectivity index (χ1v) is 9.24. The third kappa shape index (κ3) is 5.01. The summed E-state index contributed by atoms with van der Waals surface area (Å²) < 4.78 is 0. The Labute approximate surface area is 151 Å². The van der Waals surface area contributed by atoms with Crippen LogP contribution >= 0.6 is 11.3 Å². The van der Waals surface area contributed by atoms with Crippen LogP contribution in [0.1, 0.15) is 46.2 Å². The molecule has 25 heavy (non-hydrogen) atoms. The predicted molar refractivity (Wildman–Crippen MR) is 95.4 cm³/mol. The molecule has 138 valence electrons. The molecule has 1 saturated heterocycles. The van der Waals surface area contributed by atoms with Gasteiger partial charge in [0.2, 0.25) is 11.8 Å². The van der Waals surface area contributed by atoms with E-state index in [-0.39, 0.29) is 30.8 Å². The van der Waals surface area contributed by atoms with E-state index in [0.717, 1.165) is 0 Å². The Bertz CT molecular complexity index is 665. The Morgan fingerprint density at radius 3 is 2.64 bits per heavy atom. The van der Waals surface area contributed by atoms with E-state index < -0.39 is 17.3 Å². The van der Waals surface area contributed by atoms with E-state index in [2.05, 4.69) is 10.3 Å². The number of carboxylic acids is 1. The molecular formula is C17H25N3O4S. The summed E-state index contributed by atoms with van der Waals surface area (Å²) in [5, 5.41) is 14.1. The van der Waals surface area contributed by atoms with Crippen LogP contribution in [0.25, 0.3) is 0 Å². The van der Waals surface area contributed by atoms with Gasteiger partial charge in [-0.2, -0.15) is 0 Å². The van der Waals surface area contributed by atoms with Crippen molar-refractivity contribution in [3.8, 4) is 0 Å². The molecule has 0 aromatic carbocycles. The van der Waals surface area contributed by atoms with Crippen molar-refractivity contribution < 1.29 is 19.5 Å². The van der Waals surface area contributed by atoms with E-state index >= 15 is 0 Å². The molecule has 2 N–H and O–H groups in total. The number of nitrogens with one attached hydrogen (secondary N) is 1. The number of carbonyl (C=O) groups is 3. The highest BCUT2D eigenvalue weighted by atomic mass is 32.1. The summed E-state index contributed by atoms with van der Waals surface area (Å²) in [5.74, 6) is -1.62. The minimum atomic E-state index is -0.856. The van der Waals surface area contributed by atoms with Crippen LogP contribution in [0.4, 0.5) is 5.13 Å². The molecule has 1 aromatic rings. The number of nitrogens with zero attached hydrogens (tertiary/aromatic N) is 2. The van der Waals surface area contributed by atoms with Gasteiger partial charge in [-0.05, 0) is 19.8 Å². The highest BCUT2D eigenvalue weighted by Gasteiger charge is 2.32. The fourth-order valence-electron chi connectivity index (χ4n) is 2.64. The van der Waals surface area contributed by atoms with Gasteiger partial charge in [0, 0.05) is 23.4 Å². The second-order valence-electron chi connectivity index (χ2n) is 7.53. The molecule has 2 amide bonds. The van der Waals surface area contributed by atoms with Gasteiger partial charge in [0.25, 0.3) is 0 Å². The zero-order valence-corrected chi connectivity index (χ0v) is 15.9. The second kappa shape index (κ2) is 7.51. The average molecular weight is 367 g/mol. The number of rotatable bonds is 4. The van der Waals surface area contributed by atoms with Crippen LogP contribution in [0.5, 0.6) is 0 Å². The summed E-state index contributed by atoms with van der Waals surface area (Å²) in [5.41, 5.74) is 0.0698. The van der Waals surface area contributed by atoms with Crippen LogP contribution in [-0.4, -0.2) is 45.4 Å². The van der Waals surface area contributed by atoms with E-state index in [9.17, 15) is 19.5 Å². The second-order valence-corrected chi connectivity index (χ2v) is 8.39. The molecule has 0 bridgehead atoms. The first-order chi connectivity index (χ1) is 11.6. The van der Waals surface area contributed by atoms with Gasteiger partial charge in [-0.25, -0.2) is 4.98 Å². The fraction of sp³-hybridized carbons (Fsp3) is 0.647. The van der Waals surface area contributed by atoms with Crippen molar-refractivity contribution in [3.63, 3.8) is 0 Å². The lowest BCUT2D eigenvalue weighted by molar-refractivity contribution is -0.147. The van der Waals surface area contributed by atoms with E-state index in [1.54, 1.807) is 10.3 Å². The Morgan fingerprint density at radius 1 is 1.36 bits per heavy atom. The van der Waals surface area contributed by atoms with Crippen molar-refractivity contribution in [1.29, 1.82) is 0 Å². The lowest BCUT2D eigenvalue weighted by Crippen LogP contribution is -2.47. The number of piperidine rings is 1. The molecular weight excluding hydrogens is 342 g/mol. The van der Waals surface area contributed by atoms with Crippen LogP contribution in [0, 0.1) is 11.3 Å². The number of amides is 2. The molecule has 1 aliphatic rings. The first-order valence-electron chi connectivity index (χ1n) is 8.36. The Kier molecular flexibility index (Phi) is 5.82. The SMILES string of the molecule is CC1CCC(C(=O)O)CN1C(=O)Cc1csc(NC(=O)C(C)(C)C)n1. The van der Waals surface area contributed by atoms with Gasteiger partial charge >= 0.3 is 5.97 Å². The minimum Gasteiger partial charge on any atom is -0.481 e. The summed E-state index contributed by atoms with van der Waals surface area (Å²) >= 11 is 1.28. The monoisotopic (exact) mass is 367 g/mol. The summed E-state index contributed by atoms with van der Waals surface area (Å²) in [6, 6.07) is 0.0294. The minimum absolute atomic E-state index is 0.0294. The molecule has 0 aliphatic carbocycles. The van der Waals surface area contributed by atoms with Crippen molar-refractivity contribution in [2.45, 2.75) is 53.0 Å². The summed E-state index contributed by atoms with van der Waals surface area (Å²) in [6.45, 7) is 7.63. The van der Waals surface area contributed by atoms with Crippen molar-refractivity contribution in [3.05, 3.63) is 11.1 Å². The largest absolute Gasteiger partial charge is 0.481 e. The lowest BCUT2D eigenvalue weighted by atomic mass is 9.93. The van der Waals surface area contributed by atoms with E-state index in [1.165, 1.54) is 11.3 Å². The van der Waals surface area contributed by atoms with E-state index in [0.29, 0.717) is 23.7 Å². The summed E-state index contributed by atoms with van der Waals surface area (Å²) in [4.78, 5) is 41.6. The lowest BCUT2D eigenvalue weighted by Gasteiger charge is -2.36. The van der Waals surface area contributed by atoms with E-state index in [1.807, 2.05) is 27.7 Å². The molecule has 1 aromatic heterocycles. The molecule has 2 unspecified atom stereocenters. The Hall–Kier alpha value is -1.96. The number of carbonyl (C=O) groups excluding carboxylic acids is 2. The van der Waals surface area contributed by atoms with Crippen LogP contribution in [0.15, 0.2) is 5.38 Å². The number of likely N-dealkylation sites (tertiary alicyclic amines) is 1. The Balaban J connectivity index is 1.98. The third-order valence-corrected chi connectivity index (χ3v) is 5.14. The van der Waals surface area contributed by atoms with E-state index in [4.69, 9.17) is 0 Å². The molecule has 0 radical (unpaired) electrons. The molecule has 0 saturated carbocycles. The first kappa shape index (κ1) is 19.4. The number of carboxylic acid groups (broad SMARTS) is 1. The van der Waals surface area contributed by atoms with Crippen LogP contribution in [0.2, 0.25) is 0 Å². The maximum atomic E-state index is 12.5. The standard InChI is InChI=1S/C17H25N3O4S/c1-10-5-6-11(14(22)23)8-20(10)13(21)7-12-9-25-16(18-12)19-15(24)17(2,3)4/h9-11H,5-8H2,1-4H3,(H,22,23)(H,18,19,24). The van der Waals surface area contributed by atoms with Crippen molar-refractivity contribution >= 4 is 34.3 Å². The molecule has 0 spiro atoms. The number of hydrogen-bond donors (Lipinski definition) is 2. The molecule has 8 heteroatoms. The number of anilines is 1. The van der Waals surface area contributed by atoms with Crippen LogP contribution < -0.4 is 5.32 Å². The number of hydrogen-bond acceptors (Lipinski definition) is 5. The number of aliphatic carboxylic acids is 1. The summed E-state index contributed by atoms with van der Waals surface area (Å²) in [7, 11) is 0. The Morgan fingerprint density at radius 2 is 2.04 bits per heavy atom. The van der Waals surface area contributed by atoms with Crippen molar-refractivity contribution in [1.82, 2.24) is 9.88 Å². The van der Waals surface area contributed by atoms with Gasteiger partial charge in [-0.1, -0.05) is 20.8 Å². The van der Waals surface area contributed by atoms with Gasteiger partial charge in [-0.3, -0.25) is 14.4 Å². The summed E-state index contributed by atoms with van der Waals surface area (Å²) in [6.07, 6.45) is 1.39. The topological polar surface area (TPSA) is 99.6 Å². The number of aromatic nitrogens is 1. The van der Waals surface area contributed by atoms with Crippen molar-refractivity contribution in [2.24, 2.45) is 11.3 Å². The predicted octanol–water partition coefficient (Wildman–Crippen LogP) is 2.38. The zero-order valence-electron chi connectivity index (χ0n) is 15.0. The third-order valence-electron chi connectivity index (χ3n) is 4.34. The van der Waals surface area contributed by atoms with Crippen molar-refractivity contribution in [2.75, 3.05) is 11.9 Å². The normalized spacial score (nSPS) is 21.0. The molecule has 1 fully saturated rings. The van der Waals surface area contributed by atoms with Gasteiger partial charge < -0.3 is 15.3 Å². The van der Waals surface area contributed by atoms with Gasteiger partial charge in [-0.15, -0.1) is 11.3 Å². The zero-order chi connectivity index (χ0) is 18.8. The highest BCUT2D eigenvalue weighted by Crippen LogP contribution is 2.24. The molecule has 2 atom stereocenters. The maximum absolute atomic E-state index is 12.5. The molecule has 2 heterocycles. The smallest absolute Gasteiger partial charge is 0.308 e. The quantitative estimate of drug-likeness (QED) is 0.851. The van der Waals surface area contributed by atoms with Gasteiger partial charge in [0.1, 0.15) is 0 Å². The fourth-order valence-corrected chi connectivity index (χ4v) is 3.35. The average Bonchev–Trinajstić information content (AvgIpc) is 2.93. The van der Waals surface area contributed by atoms with Gasteiger partial charge in [0.15, 0.2) is 5.13 Å². The molecule has 2 rings (SSSR count). The highest BCUT2D eigenvalue weighted by molar-refractivity contribution is 7.13. The number of thiazole rings is 1. The van der Waals surface area contributed by atoms with Gasteiger partial charge in [0.05, 0.1) is 18.0 Å². The van der Waals surface area contributed by atoms with Crippen LogP contribution in [-0.2, 0) is 20.8 Å². The van der Waals surface area contributed by atoms with Crippen LogP contribution in [0.3, 0.4) is 0 Å². The molecule has 7 nitrogen and oxygen atoms in total. The maximum Gasteiger partial charge on any atom is 0.308 e. The molecule has 1 aliphatic heterocycles.